The SMILES string of the molecule is CCCCCC1C(=O)CC(O)C1CCCCC. The average molecular weight is 240 g/mol. The van der Waals surface area contributed by atoms with Crippen LogP contribution >= 0.6 is 0 Å². The number of aliphatic hydroxyl groups is 1. The molecule has 0 heterocycles. The van der Waals surface area contributed by atoms with Crippen LogP contribution in [0.5, 0.6) is 0 Å². The molecule has 1 aliphatic carbocycles. The number of rotatable bonds is 8. The smallest absolute Gasteiger partial charge is 0.138 e. The summed E-state index contributed by atoms with van der Waals surface area (Å²) in [5.74, 6) is 0.731. The third-order valence-electron chi connectivity index (χ3n) is 4.09. The van der Waals surface area contributed by atoms with Gasteiger partial charge in [-0.2, -0.15) is 0 Å². The van der Waals surface area contributed by atoms with Gasteiger partial charge in [0.25, 0.3) is 0 Å². The van der Waals surface area contributed by atoms with E-state index in [0.717, 1.165) is 25.7 Å². The maximum Gasteiger partial charge on any atom is 0.138 e. The number of ketones is 1. The summed E-state index contributed by atoms with van der Waals surface area (Å²) in [5.41, 5.74) is 0. The third kappa shape index (κ3) is 4.42. The number of unbranched alkanes of at least 4 members (excludes halogenated alkanes) is 4. The molecule has 0 radical (unpaired) electrons. The molecule has 0 bridgehead atoms. The highest BCUT2D eigenvalue weighted by Gasteiger charge is 2.40. The number of Topliss-reactive ketones (excluding diaryl/α,β-unsaturated/α-hetero) is 1. The van der Waals surface area contributed by atoms with Gasteiger partial charge >= 0.3 is 0 Å². The molecular weight excluding hydrogens is 212 g/mol. The molecule has 0 saturated heterocycles. The lowest BCUT2D eigenvalue weighted by atomic mass is 9.85. The standard InChI is InChI=1S/C15H28O2/c1-3-5-7-9-12-13(10-8-6-4-2)15(17)11-14(12)16/h12-14,16H,3-11H2,1-2H3. The van der Waals surface area contributed by atoms with Crippen molar-refractivity contribution in [1.29, 1.82) is 0 Å². The average Bonchev–Trinajstić information content (AvgIpc) is 2.56. The molecule has 2 nitrogen and oxygen atoms in total. The van der Waals surface area contributed by atoms with E-state index in [-0.39, 0.29) is 17.9 Å². The van der Waals surface area contributed by atoms with E-state index in [1.54, 1.807) is 0 Å². The summed E-state index contributed by atoms with van der Waals surface area (Å²) in [6.07, 6.45) is 9.23. The van der Waals surface area contributed by atoms with Crippen molar-refractivity contribution in [3.8, 4) is 0 Å². The van der Waals surface area contributed by atoms with Crippen LogP contribution in [0.4, 0.5) is 0 Å². The molecule has 0 aromatic rings. The molecule has 0 aromatic heterocycles. The summed E-state index contributed by atoms with van der Waals surface area (Å²) < 4.78 is 0. The Kier molecular flexibility index (Phi) is 6.79. The summed E-state index contributed by atoms with van der Waals surface area (Å²) in [5, 5.41) is 9.96. The lowest BCUT2D eigenvalue weighted by molar-refractivity contribution is -0.121. The first kappa shape index (κ1) is 14.7. The molecule has 17 heavy (non-hydrogen) atoms. The maximum atomic E-state index is 11.9. The van der Waals surface area contributed by atoms with E-state index in [2.05, 4.69) is 13.8 Å². The monoisotopic (exact) mass is 240 g/mol. The molecule has 0 aliphatic heterocycles. The Balaban J connectivity index is 2.41. The van der Waals surface area contributed by atoms with Crippen molar-refractivity contribution in [2.24, 2.45) is 11.8 Å². The van der Waals surface area contributed by atoms with Crippen LogP contribution in [0, 0.1) is 11.8 Å². The normalized spacial score (nSPS) is 28.9. The Hall–Kier alpha value is -0.370. The van der Waals surface area contributed by atoms with Gasteiger partial charge in [0.05, 0.1) is 6.10 Å². The van der Waals surface area contributed by atoms with E-state index in [9.17, 15) is 9.90 Å². The van der Waals surface area contributed by atoms with Gasteiger partial charge in [0.1, 0.15) is 5.78 Å². The molecule has 3 unspecified atom stereocenters. The largest absolute Gasteiger partial charge is 0.392 e. The molecule has 1 fully saturated rings. The number of hydrogen-bond donors (Lipinski definition) is 1. The summed E-state index contributed by atoms with van der Waals surface area (Å²) in [6, 6.07) is 0. The van der Waals surface area contributed by atoms with E-state index in [1.165, 1.54) is 25.7 Å². The predicted molar refractivity (Wildman–Crippen MR) is 70.9 cm³/mol. The molecule has 2 heteroatoms. The fourth-order valence-electron chi connectivity index (χ4n) is 3.03. The van der Waals surface area contributed by atoms with E-state index >= 15 is 0 Å². The molecule has 1 saturated carbocycles. The van der Waals surface area contributed by atoms with Crippen LogP contribution in [0.2, 0.25) is 0 Å². The van der Waals surface area contributed by atoms with E-state index < -0.39 is 0 Å². The van der Waals surface area contributed by atoms with Crippen molar-refractivity contribution in [3.05, 3.63) is 0 Å². The molecule has 3 atom stereocenters. The van der Waals surface area contributed by atoms with Gasteiger partial charge in [-0.15, -0.1) is 0 Å². The van der Waals surface area contributed by atoms with Crippen LogP contribution in [0.3, 0.4) is 0 Å². The van der Waals surface area contributed by atoms with Gasteiger partial charge in [-0.05, 0) is 18.8 Å². The zero-order chi connectivity index (χ0) is 12.7. The Labute approximate surface area is 106 Å². The van der Waals surface area contributed by atoms with Gasteiger partial charge in [-0.1, -0.05) is 52.4 Å². The van der Waals surface area contributed by atoms with Crippen molar-refractivity contribution in [1.82, 2.24) is 0 Å². The van der Waals surface area contributed by atoms with Crippen LogP contribution in [0.25, 0.3) is 0 Å². The van der Waals surface area contributed by atoms with Crippen molar-refractivity contribution in [2.75, 3.05) is 0 Å². The number of aliphatic hydroxyl groups excluding tert-OH is 1. The van der Waals surface area contributed by atoms with Crippen molar-refractivity contribution in [3.63, 3.8) is 0 Å². The van der Waals surface area contributed by atoms with Crippen LogP contribution in [-0.4, -0.2) is 17.0 Å². The van der Waals surface area contributed by atoms with Gasteiger partial charge in [0.15, 0.2) is 0 Å². The summed E-state index contributed by atoms with van der Waals surface area (Å²) in [7, 11) is 0. The highest BCUT2D eigenvalue weighted by molar-refractivity contribution is 5.84. The lowest BCUT2D eigenvalue weighted by Crippen LogP contribution is -2.20. The summed E-state index contributed by atoms with van der Waals surface area (Å²) >= 11 is 0. The first-order chi connectivity index (χ1) is 8.20. The van der Waals surface area contributed by atoms with Crippen LogP contribution in [-0.2, 0) is 4.79 Å². The Morgan fingerprint density at radius 3 is 2.24 bits per heavy atom. The number of hydrogen-bond acceptors (Lipinski definition) is 2. The molecule has 1 rings (SSSR count). The van der Waals surface area contributed by atoms with Gasteiger partial charge < -0.3 is 5.11 Å². The second-order valence-corrected chi connectivity index (χ2v) is 5.50. The molecular formula is C15H28O2. The van der Waals surface area contributed by atoms with Gasteiger partial charge in [-0.3, -0.25) is 4.79 Å². The topological polar surface area (TPSA) is 37.3 Å². The lowest BCUT2D eigenvalue weighted by Gasteiger charge is -2.20. The Bertz CT molecular complexity index is 225. The second kappa shape index (κ2) is 7.86. The fourth-order valence-corrected chi connectivity index (χ4v) is 3.03. The van der Waals surface area contributed by atoms with Crippen LogP contribution < -0.4 is 0 Å². The zero-order valence-corrected chi connectivity index (χ0v) is 11.5. The summed E-state index contributed by atoms with van der Waals surface area (Å²) in [6.45, 7) is 4.37. The van der Waals surface area contributed by atoms with Crippen molar-refractivity contribution >= 4 is 5.78 Å². The van der Waals surface area contributed by atoms with Crippen molar-refractivity contribution in [2.45, 2.75) is 77.7 Å². The predicted octanol–water partition coefficient (Wildman–Crippen LogP) is 3.71. The zero-order valence-electron chi connectivity index (χ0n) is 11.5. The number of carbonyl (C=O) groups is 1. The highest BCUT2D eigenvalue weighted by Crippen LogP contribution is 2.36. The first-order valence-electron chi connectivity index (χ1n) is 7.41. The quantitative estimate of drug-likeness (QED) is 0.657. The van der Waals surface area contributed by atoms with E-state index in [0.29, 0.717) is 12.2 Å². The van der Waals surface area contributed by atoms with Crippen LogP contribution in [0.15, 0.2) is 0 Å². The minimum Gasteiger partial charge on any atom is -0.392 e. The fraction of sp³-hybridized carbons (Fsp3) is 0.933. The minimum atomic E-state index is -0.356. The minimum absolute atomic E-state index is 0.161. The molecule has 0 aromatic carbocycles. The van der Waals surface area contributed by atoms with Crippen LogP contribution in [0.1, 0.15) is 71.6 Å². The molecule has 0 amide bonds. The molecule has 1 aliphatic rings. The van der Waals surface area contributed by atoms with Crippen molar-refractivity contribution < 1.29 is 9.90 Å². The molecule has 100 valence electrons. The van der Waals surface area contributed by atoms with Gasteiger partial charge in [0, 0.05) is 12.3 Å². The van der Waals surface area contributed by atoms with E-state index in [1.807, 2.05) is 0 Å². The second-order valence-electron chi connectivity index (χ2n) is 5.50. The number of carbonyl (C=O) groups excluding carboxylic acids is 1. The Morgan fingerprint density at radius 1 is 1.06 bits per heavy atom. The molecule has 1 N–H and O–H groups in total. The maximum absolute atomic E-state index is 11.9. The van der Waals surface area contributed by atoms with Gasteiger partial charge in [-0.25, -0.2) is 0 Å². The van der Waals surface area contributed by atoms with E-state index in [4.69, 9.17) is 0 Å². The van der Waals surface area contributed by atoms with Gasteiger partial charge in [0.2, 0.25) is 0 Å². The first-order valence-corrected chi connectivity index (χ1v) is 7.41. The summed E-state index contributed by atoms with van der Waals surface area (Å²) in [4.78, 5) is 11.9. The third-order valence-corrected chi connectivity index (χ3v) is 4.09. The highest BCUT2D eigenvalue weighted by atomic mass is 16.3. The Morgan fingerprint density at radius 2 is 1.65 bits per heavy atom. The molecule has 0 spiro atoms.